The van der Waals surface area contributed by atoms with Gasteiger partial charge in [0, 0.05) is 67.6 Å². The number of hydrogen-bond acceptors (Lipinski definition) is 4. The van der Waals surface area contributed by atoms with Gasteiger partial charge >= 0.3 is 0 Å². The van der Waals surface area contributed by atoms with E-state index in [1.54, 1.807) is 42.6 Å². The van der Waals surface area contributed by atoms with Crippen LogP contribution in [0.25, 0.3) is 0 Å². The number of benzene rings is 1. The molecule has 0 aliphatic heterocycles. The zero-order valence-corrected chi connectivity index (χ0v) is 14.3. The Morgan fingerprint density at radius 1 is 1.08 bits per heavy atom. The number of nitrogen functional groups attached to an aromatic ring is 1. The molecule has 120 valence electrons. The van der Waals surface area contributed by atoms with Crippen molar-refractivity contribution in [3.05, 3.63) is 42.6 Å². The number of nitrogens with two attached hydrogens (primary N) is 1. The van der Waals surface area contributed by atoms with Gasteiger partial charge in [-0.2, -0.15) is 0 Å². The molecule has 1 aromatic carbocycles. The van der Waals surface area contributed by atoms with Crippen molar-refractivity contribution in [3.8, 4) is 11.5 Å². The van der Waals surface area contributed by atoms with E-state index in [-0.39, 0.29) is 11.8 Å². The Bertz CT molecular complexity index is 720. The minimum absolute atomic E-state index is 0.0298. The second-order valence-electron chi connectivity index (χ2n) is 5.97. The van der Waals surface area contributed by atoms with E-state index in [9.17, 15) is 4.79 Å². The summed E-state index contributed by atoms with van der Waals surface area (Å²) >= 11 is 0. The third kappa shape index (κ3) is 6.98. The molecule has 1 aliphatic rings. The highest BCUT2D eigenvalue weighted by atomic mass is 16.5. The van der Waals surface area contributed by atoms with Crippen molar-refractivity contribution >= 4 is 61.1 Å². The Morgan fingerprint density at radius 2 is 1.69 bits per heavy atom. The molecule has 1 heterocycles. The van der Waals surface area contributed by atoms with Gasteiger partial charge < -0.3 is 15.8 Å². The number of rotatable bonds is 5. The Kier molecular flexibility index (Phi) is 7.37. The lowest BCUT2D eigenvalue weighted by atomic mass is 8.81. The molecular formula is C15H15B6N3O2. The molecule has 11 heteroatoms. The van der Waals surface area contributed by atoms with Crippen molar-refractivity contribution in [2.24, 2.45) is 5.92 Å². The van der Waals surface area contributed by atoms with Crippen molar-refractivity contribution in [1.82, 2.24) is 4.98 Å². The van der Waals surface area contributed by atoms with Gasteiger partial charge in [-0.15, -0.1) is 0 Å². The van der Waals surface area contributed by atoms with Crippen LogP contribution in [-0.4, -0.2) is 54.6 Å². The monoisotopic (exact) mass is 335 g/mol. The quantitative estimate of drug-likeness (QED) is 0.617. The fourth-order valence-corrected chi connectivity index (χ4v) is 1.79. The largest absolute Gasteiger partial charge is 0.457 e. The van der Waals surface area contributed by atoms with Gasteiger partial charge in [-0.3, -0.25) is 4.79 Å². The molecule has 8 radical (unpaired) electrons. The zero-order chi connectivity index (χ0) is 19.1. The van der Waals surface area contributed by atoms with E-state index in [0.717, 1.165) is 12.8 Å². The van der Waals surface area contributed by atoms with Gasteiger partial charge in [0.05, 0.1) is 0 Å². The lowest BCUT2D eigenvalue weighted by molar-refractivity contribution is -0.117. The summed E-state index contributed by atoms with van der Waals surface area (Å²) in [5.74, 6) is 2.00. The molecule has 1 aliphatic carbocycles. The maximum Gasteiger partial charge on any atom is 0.228 e. The van der Waals surface area contributed by atoms with Crippen LogP contribution in [0.1, 0.15) is 12.8 Å². The molecule has 1 saturated carbocycles. The number of hydrogen-bond donors (Lipinski definition) is 2. The third-order valence-electron chi connectivity index (χ3n) is 3.49. The van der Waals surface area contributed by atoms with Crippen molar-refractivity contribution in [1.29, 1.82) is 0 Å². The highest BCUT2D eigenvalue weighted by Gasteiger charge is 2.29. The van der Waals surface area contributed by atoms with Gasteiger partial charge in [0.15, 0.2) is 0 Å². The average molecular weight is 334 g/mol. The van der Waals surface area contributed by atoms with Gasteiger partial charge in [-0.05, 0) is 43.2 Å². The molecule has 1 fully saturated rings. The normalized spacial score (nSPS) is 12.3. The minimum atomic E-state index is -0.593. The second kappa shape index (κ2) is 9.51. The number of carbonyl (C=O) groups excluding carboxylic acids is 1. The van der Waals surface area contributed by atoms with Crippen LogP contribution in [0.5, 0.6) is 11.5 Å². The Hall–Kier alpha value is -2.17. The topological polar surface area (TPSA) is 77.2 Å². The van der Waals surface area contributed by atoms with Crippen LogP contribution in [-0.2, 0) is 4.79 Å². The Balaban J connectivity index is 0.000000352. The Morgan fingerprint density at radius 3 is 2.23 bits per heavy atom. The highest BCUT2D eigenvalue weighted by molar-refractivity contribution is 7.76. The summed E-state index contributed by atoms with van der Waals surface area (Å²) in [5.41, 5.74) is 6.30. The van der Waals surface area contributed by atoms with Gasteiger partial charge in [-0.25, -0.2) is 4.98 Å². The Labute approximate surface area is 159 Å². The highest BCUT2D eigenvalue weighted by Crippen LogP contribution is 2.30. The molecule has 3 N–H and O–H groups in total. The molecule has 5 nitrogen and oxygen atoms in total. The average Bonchev–Trinajstić information content (AvgIpc) is 3.43. The van der Waals surface area contributed by atoms with Crippen LogP contribution in [0.4, 0.5) is 11.5 Å². The number of anilines is 2. The third-order valence-corrected chi connectivity index (χ3v) is 3.49. The molecule has 3 rings (SSSR count). The summed E-state index contributed by atoms with van der Waals surface area (Å²) in [6, 6.07) is 10.6. The predicted molar refractivity (Wildman–Crippen MR) is 111 cm³/mol. The summed E-state index contributed by atoms with van der Waals surface area (Å²) in [5, 5.41) is 2.79. The number of nitrogens with zero attached hydrogens (tertiary/aromatic N) is 1. The molecular weight excluding hydrogens is 319 g/mol. The number of aromatic nitrogens is 1. The zero-order valence-electron chi connectivity index (χ0n) is 14.3. The van der Waals surface area contributed by atoms with Gasteiger partial charge in [-0.1, -0.05) is 0 Å². The van der Waals surface area contributed by atoms with Crippen LogP contribution in [0.15, 0.2) is 42.6 Å². The number of amides is 1. The van der Waals surface area contributed by atoms with E-state index in [1.807, 2.05) is 0 Å². The molecule has 2 aromatic rings. The fourth-order valence-electron chi connectivity index (χ4n) is 1.79. The van der Waals surface area contributed by atoms with E-state index in [4.69, 9.17) is 41.4 Å². The van der Waals surface area contributed by atoms with E-state index < -0.39 is 12.8 Å². The molecule has 26 heavy (non-hydrogen) atoms. The molecule has 0 spiro atoms. The van der Waals surface area contributed by atoms with E-state index in [1.165, 1.54) is 0 Å². The first-order valence-corrected chi connectivity index (χ1v) is 8.18. The molecule has 0 saturated heterocycles. The van der Waals surface area contributed by atoms with Gasteiger partial charge in [0.2, 0.25) is 5.91 Å². The lowest BCUT2D eigenvalue weighted by Crippen LogP contribution is -2.38. The summed E-state index contributed by atoms with van der Waals surface area (Å²) in [7, 11) is 19.9. The smallest absolute Gasteiger partial charge is 0.228 e. The van der Waals surface area contributed by atoms with E-state index in [0.29, 0.717) is 23.0 Å². The number of nitrogens with one attached hydrogen (secondary N) is 1. The van der Waals surface area contributed by atoms with Crippen LogP contribution < -0.4 is 15.8 Å². The van der Waals surface area contributed by atoms with Crippen LogP contribution >= 0.6 is 0 Å². The van der Waals surface area contributed by atoms with E-state index >= 15 is 0 Å². The van der Waals surface area contributed by atoms with Gasteiger partial charge in [0.25, 0.3) is 0 Å². The molecule has 0 bridgehead atoms. The lowest BCUT2D eigenvalue weighted by Gasteiger charge is -2.08. The maximum atomic E-state index is 11.7. The van der Waals surface area contributed by atoms with Gasteiger partial charge in [0.1, 0.15) is 17.3 Å². The number of ether oxygens (including phenoxy) is 1. The second-order valence-corrected chi connectivity index (χ2v) is 5.97. The predicted octanol–water partition coefficient (Wildman–Crippen LogP) is 0.520. The van der Waals surface area contributed by atoms with Crippen LogP contribution in [0, 0.1) is 5.92 Å². The molecule has 1 aromatic heterocycles. The van der Waals surface area contributed by atoms with E-state index in [2.05, 4.69) is 10.3 Å². The fraction of sp³-hybridized carbons (Fsp3) is 0.200. The van der Waals surface area contributed by atoms with Crippen LogP contribution in [0.3, 0.4) is 0 Å². The number of pyridine rings is 1. The molecule has 0 atom stereocenters. The first-order chi connectivity index (χ1) is 12.3. The summed E-state index contributed by atoms with van der Waals surface area (Å²) in [6.45, 7) is 0. The standard InChI is InChI=1S/C15H15N3O2.B6/c16-11-3-5-12(6-4-11)20-13-7-8-17-14(9-13)18-15(19)10-1-2-10;1-5(2)6(3)4/h3-10H,1-2,16H2,(H,17,18,19);. The van der Waals surface area contributed by atoms with Crippen molar-refractivity contribution in [3.63, 3.8) is 0 Å². The van der Waals surface area contributed by atoms with Crippen molar-refractivity contribution in [2.45, 2.75) is 12.8 Å². The first kappa shape index (κ1) is 20.1. The molecule has 0 unspecified atom stereocenters. The van der Waals surface area contributed by atoms with Crippen molar-refractivity contribution < 1.29 is 9.53 Å². The maximum absolute atomic E-state index is 11.7. The SMILES string of the molecule is Nc1ccc(Oc2ccnc(NC(=O)C3CC3)c2)cc1.[B]B([B])B([B])[B]. The summed E-state index contributed by atoms with van der Waals surface area (Å²) in [6.07, 6.45) is 2.35. The van der Waals surface area contributed by atoms with Crippen molar-refractivity contribution in [2.75, 3.05) is 11.1 Å². The van der Waals surface area contributed by atoms with Crippen LogP contribution in [0.2, 0.25) is 0 Å². The number of carbonyl (C=O) groups is 1. The summed E-state index contributed by atoms with van der Waals surface area (Å²) in [4.78, 5) is 15.8. The summed E-state index contributed by atoms with van der Waals surface area (Å²) < 4.78 is 5.68. The molecule has 1 amide bonds. The minimum Gasteiger partial charge on any atom is -0.457 e. The first-order valence-electron chi connectivity index (χ1n) is 8.18.